The SMILES string of the molecule is CCOc1ccc(/C=C/C(=O)OCC(=O)N[C@@]2(C)CCS(=O)(=O)C2)cc1OC. The molecule has 1 aliphatic rings. The lowest BCUT2D eigenvalue weighted by Crippen LogP contribution is -2.48. The van der Waals surface area contributed by atoms with E-state index in [1.807, 2.05) is 6.92 Å². The molecular formula is C19H25NO7S. The summed E-state index contributed by atoms with van der Waals surface area (Å²) in [5, 5.41) is 2.62. The van der Waals surface area contributed by atoms with Gasteiger partial charge in [0.15, 0.2) is 27.9 Å². The van der Waals surface area contributed by atoms with Gasteiger partial charge in [0.05, 0.1) is 30.8 Å². The molecule has 0 bridgehead atoms. The molecule has 0 spiro atoms. The summed E-state index contributed by atoms with van der Waals surface area (Å²) < 4.78 is 38.7. The number of ether oxygens (including phenoxy) is 3. The van der Waals surface area contributed by atoms with Crippen molar-refractivity contribution in [2.45, 2.75) is 25.8 Å². The molecule has 1 aliphatic heterocycles. The summed E-state index contributed by atoms with van der Waals surface area (Å²) in [4.78, 5) is 23.8. The quantitative estimate of drug-likeness (QED) is 0.508. The molecule has 1 atom stereocenters. The van der Waals surface area contributed by atoms with E-state index in [1.54, 1.807) is 25.1 Å². The zero-order chi connectivity index (χ0) is 20.8. The van der Waals surface area contributed by atoms with Gasteiger partial charge in [-0.25, -0.2) is 13.2 Å². The van der Waals surface area contributed by atoms with Crippen molar-refractivity contribution in [1.82, 2.24) is 5.32 Å². The third-order valence-electron chi connectivity index (χ3n) is 4.19. The van der Waals surface area contributed by atoms with Crippen LogP contribution in [-0.2, 0) is 24.2 Å². The highest BCUT2D eigenvalue weighted by atomic mass is 32.2. The van der Waals surface area contributed by atoms with E-state index in [0.29, 0.717) is 30.1 Å². The maximum absolute atomic E-state index is 11.9. The maximum Gasteiger partial charge on any atom is 0.331 e. The fourth-order valence-electron chi connectivity index (χ4n) is 2.89. The van der Waals surface area contributed by atoms with E-state index < -0.39 is 33.9 Å². The molecule has 9 heteroatoms. The topological polar surface area (TPSA) is 108 Å². The molecule has 8 nitrogen and oxygen atoms in total. The fraction of sp³-hybridized carbons (Fsp3) is 0.474. The van der Waals surface area contributed by atoms with Crippen molar-refractivity contribution >= 4 is 27.8 Å². The zero-order valence-corrected chi connectivity index (χ0v) is 17.0. The molecule has 28 heavy (non-hydrogen) atoms. The predicted molar refractivity (Wildman–Crippen MR) is 104 cm³/mol. The minimum absolute atomic E-state index is 0.0395. The van der Waals surface area contributed by atoms with Crippen molar-refractivity contribution in [3.63, 3.8) is 0 Å². The van der Waals surface area contributed by atoms with Crippen molar-refractivity contribution in [3.8, 4) is 11.5 Å². The van der Waals surface area contributed by atoms with Crippen LogP contribution in [0.5, 0.6) is 11.5 Å². The number of hydrogen-bond donors (Lipinski definition) is 1. The Morgan fingerprint density at radius 1 is 1.29 bits per heavy atom. The molecule has 1 heterocycles. The largest absolute Gasteiger partial charge is 0.493 e. The highest BCUT2D eigenvalue weighted by molar-refractivity contribution is 7.91. The molecule has 1 saturated heterocycles. The molecule has 154 valence electrons. The average Bonchev–Trinajstić information content (AvgIpc) is 2.91. The van der Waals surface area contributed by atoms with Crippen molar-refractivity contribution in [1.29, 1.82) is 0 Å². The third-order valence-corrected chi connectivity index (χ3v) is 6.09. The minimum atomic E-state index is -3.14. The monoisotopic (exact) mass is 411 g/mol. The van der Waals surface area contributed by atoms with E-state index in [-0.39, 0.29) is 11.5 Å². The Morgan fingerprint density at radius 2 is 2.04 bits per heavy atom. The number of amides is 1. The second-order valence-corrected chi connectivity index (χ2v) is 8.92. The first kappa shape index (κ1) is 21.7. The first-order valence-electron chi connectivity index (χ1n) is 8.83. The second kappa shape index (κ2) is 9.09. The first-order valence-corrected chi connectivity index (χ1v) is 10.7. The summed E-state index contributed by atoms with van der Waals surface area (Å²) in [6.45, 7) is 3.55. The van der Waals surface area contributed by atoms with Gasteiger partial charge in [0.2, 0.25) is 0 Å². The van der Waals surface area contributed by atoms with Gasteiger partial charge in [0.1, 0.15) is 0 Å². The molecule has 1 fully saturated rings. The molecule has 0 aliphatic carbocycles. The number of sulfone groups is 1. The smallest absolute Gasteiger partial charge is 0.331 e. The highest BCUT2D eigenvalue weighted by Gasteiger charge is 2.39. The van der Waals surface area contributed by atoms with E-state index in [2.05, 4.69) is 5.32 Å². The van der Waals surface area contributed by atoms with Crippen LogP contribution in [0.25, 0.3) is 6.08 Å². The van der Waals surface area contributed by atoms with Gasteiger partial charge in [-0.05, 0) is 44.0 Å². The van der Waals surface area contributed by atoms with E-state index in [4.69, 9.17) is 14.2 Å². The first-order chi connectivity index (χ1) is 13.2. The standard InChI is InChI=1S/C19H25NO7S/c1-4-26-15-7-5-14(11-16(15)25-3)6-8-18(22)27-12-17(21)20-19(2)9-10-28(23,24)13-19/h5-8,11H,4,9-10,12-13H2,1-3H3,(H,20,21)/b8-6+/t19-/m0/s1. The lowest BCUT2D eigenvalue weighted by molar-refractivity contribution is -0.144. The van der Waals surface area contributed by atoms with Crippen molar-refractivity contribution in [3.05, 3.63) is 29.8 Å². The molecule has 0 aromatic heterocycles. The fourth-order valence-corrected chi connectivity index (χ4v) is 4.99. The number of methoxy groups -OCH3 is 1. The van der Waals surface area contributed by atoms with Crippen LogP contribution in [-0.4, -0.2) is 57.7 Å². The van der Waals surface area contributed by atoms with Crippen LogP contribution in [0.3, 0.4) is 0 Å². The Bertz CT molecular complexity index is 863. The second-order valence-electron chi connectivity index (χ2n) is 6.74. The third kappa shape index (κ3) is 6.26. The highest BCUT2D eigenvalue weighted by Crippen LogP contribution is 2.28. The Hall–Kier alpha value is -2.55. The number of benzene rings is 1. The summed E-state index contributed by atoms with van der Waals surface area (Å²) in [7, 11) is -1.61. The van der Waals surface area contributed by atoms with Crippen molar-refractivity contribution < 1.29 is 32.2 Å². The summed E-state index contributed by atoms with van der Waals surface area (Å²) in [6, 6.07) is 5.20. The van der Waals surface area contributed by atoms with Gasteiger partial charge in [0.25, 0.3) is 5.91 Å². The van der Waals surface area contributed by atoms with Gasteiger partial charge >= 0.3 is 5.97 Å². The van der Waals surface area contributed by atoms with E-state index in [9.17, 15) is 18.0 Å². The Labute approximate surface area is 164 Å². The lowest BCUT2D eigenvalue weighted by Gasteiger charge is -2.23. The maximum atomic E-state index is 11.9. The molecule has 1 aromatic rings. The summed E-state index contributed by atoms with van der Waals surface area (Å²) >= 11 is 0. The number of hydrogen-bond acceptors (Lipinski definition) is 7. The van der Waals surface area contributed by atoms with Crippen LogP contribution in [0.4, 0.5) is 0 Å². The molecule has 0 saturated carbocycles. The van der Waals surface area contributed by atoms with Crippen LogP contribution in [0, 0.1) is 0 Å². The lowest BCUT2D eigenvalue weighted by atomic mass is 10.0. The van der Waals surface area contributed by atoms with E-state index >= 15 is 0 Å². The number of carbonyl (C=O) groups is 2. The molecule has 0 radical (unpaired) electrons. The number of rotatable bonds is 8. The van der Waals surface area contributed by atoms with Gasteiger partial charge in [-0.15, -0.1) is 0 Å². The van der Waals surface area contributed by atoms with Gasteiger partial charge in [-0.1, -0.05) is 6.07 Å². The Kier molecular flexibility index (Phi) is 7.06. The van der Waals surface area contributed by atoms with Gasteiger partial charge < -0.3 is 19.5 Å². The van der Waals surface area contributed by atoms with Crippen LogP contribution in [0.15, 0.2) is 24.3 Å². The number of carbonyl (C=O) groups excluding carboxylic acids is 2. The van der Waals surface area contributed by atoms with Crippen molar-refractivity contribution in [2.75, 3.05) is 31.8 Å². The van der Waals surface area contributed by atoms with Crippen LogP contribution < -0.4 is 14.8 Å². The van der Waals surface area contributed by atoms with Crippen LogP contribution in [0.2, 0.25) is 0 Å². The molecule has 1 aromatic carbocycles. The van der Waals surface area contributed by atoms with Crippen molar-refractivity contribution in [2.24, 2.45) is 0 Å². The van der Waals surface area contributed by atoms with E-state index in [1.165, 1.54) is 19.3 Å². The number of nitrogens with one attached hydrogen (secondary N) is 1. The molecule has 0 unspecified atom stereocenters. The normalized spacial score (nSPS) is 20.7. The molecule has 1 amide bonds. The summed E-state index contributed by atoms with van der Waals surface area (Å²) in [6.07, 6.45) is 3.07. The average molecular weight is 411 g/mol. The molecule has 2 rings (SSSR count). The zero-order valence-electron chi connectivity index (χ0n) is 16.2. The Morgan fingerprint density at radius 3 is 2.64 bits per heavy atom. The Balaban J connectivity index is 1.86. The van der Waals surface area contributed by atoms with Gasteiger partial charge in [-0.2, -0.15) is 0 Å². The number of esters is 1. The molecule has 1 N–H and O–H groups in total. The minimum Gasteiger partial charge on any atom is -0.493 e. The van der Waals surface area contributed by atoms with E-state index in [0.717, 1.165) is 0 Å². The predicted octanol–water partition coefficient (Wildman–Crippen LogP) is 1.34. The summed E-state index contributed by atoms with van der Waals surface area (Å²) in [5.74, 6) is -0.159. The van der Waals surface area contributed by atoms with Gasteiger partial charge in [0, 0.05) is 6.08 Å². The molecular weight excluding hydrogens is 386 g/mol. The van der Waals surface area contributed by atoms with Crippen LogP contribution >= 0.6 is 0 Å². The summed E-state index contributed by atoms with van der Waals surface area (Å²) in [5.41, 5.74) is -0.123. The van der Waals surface area contributed by atoms with Crippen LogP contribution in [0.1, 0.15) is 25.8 Å². The van der Waals surface area contributed by atoms with Gasteiger partial charge in [-0.3, -0.25) is 4.79 Å².